The molecular formula is C6H8Cl3N3O2. The molecule has 1 rings (SSSR count). The molecule has 1 fully saturated rings. The summed E-state index contributed by atoms with van der Waals surface area (Å²) in [6.45, 7) is 0. The number of nitrogens with zero attached hydrogens (tertiary/aromatic N) is 2. The lowest BCUT2D eigenvalue weighted by molar-refractivity contribution is 0.124. The summed E-state index contributed by atoms with van der Waals surface area (Å²) < 4.78 is -1.75. The van der Waals surface area contributed by atoms with Crippen LogP contribution < -0.4 is 5.32 Å². The number of hydrogen-bond donors (Lipinski definition) is 1. The van der Waals surface area contributed by atoms with Crippen molar-refractivity contribution in [3.63, 3.8) is 0 Å². The quantitative estimate of drug-likeness (QED) is 0.669. The van der Waals surface area contributed by atoms with Gasteiger partial charge in [-0.1, -0.05) is 34.8 Å². The number of carbonyl (C=O) groups excluding carboxylic acids is 2. The van der Waals surface area contributed by atoms with Crippen LogP contribution in [0.25, 0.3) is 0 Å². The summed E-state index contributed by atoms with van der Waals surface area (Å²) in [5, 5.41) is 2.38. The lowest BCUT2D eigenvalue weighted by atomic mass is 10.4. The van der Waals surface area contributed by atoms with E-state index in [0.29, 0.717) is 0 Å². The van der Waals surface area contributed by atoms with Gasteiger partial charge in [0, 0.05) is 14.1 Å². The molecule has 0 radical (unpaired) electrons. The molecule has 14 heavy (non-hydrogen) atoms. The Morgan fingerprint density at radius 1 is 1.29 bits per heavy atom. The summed E-state index contributed by atoms with van der Waals surface area (Å²) in [4.78, 5) is 24.6. The van der Waals surface area contributed by atoms with Crippen molar-refractivity contribution in [2.24, 2.45) is 0 Å². The van der Waals surface area contributed by atoms with Crippen LogP contribution in [-0.2, 0) is 0 Å². The fourth-order valence-electron chi connectivity index (χ4n) is 1.05. The molecular weight excluding hydrogens is 252 g/mol. The highest BCUT2D eigenvalue weighted by molar-refractivity contribution is 6.68. The maximum absolute atomic E-state index is 11.4. The molecule has 0 aromatic heterocycles. The Kier molecular flexibility index (Phi) is 3.04. The van der Waals surface area contributed by atoms with Gasteiger partial charge in [0.2, 0.25) is 3.79 Å². The summed E-state index contributed by atoms with van der Waals surface area (Å²) in [6.07, 6.45) is -0.955. The first-order valence-corrected chi connectivity index (χ1v) is 4.76. The zero-order valence-electron chi connectivity index (χ0n) is 7.42. The van der Waals surface area contributed by atoms with E-state index in [1.807, 2.05) is 0 Å². The second-order valence-electron chi connectivity index (χ2n) is 2.85. The molecule has 0 saturated carbocycles. The molecule has 0 aromatic rings. The molecule has 0 unspecified atom stereocenters. The monoisotopic (exact) mass is 259 g/mol. The van der Waals surface area contributed by atoms with E-state index in [1.54, 1.807) is 0 Å². The number of hydrogen-bond acceptors (Lipinski definition) is 2. The second kappa shape index (κ2) is 3.64. The first-order valence-electron chi connectivity index (χ1n) is 3.63. The molecule has 80 valence electrons. The van der Waals surface area contributed by atoms with Crippen LogP contribution in [-0.4, -0.2) is 45.9 Å². The number of urea groups is 2. The van der Waals surface area contributed by atoms with Gasteiger partial charge in [-0.05, 0) is 0 Å². The molecule has 4 amide bonds. The van der Waals surface area contributed by atoms with E-state index < -0.39 is 22.0 Å². The van der Waals surface area contributed by atoms with Gasteiger partial charge in [-0.3, -0.25) is 0 Å². The van der Waals surface area contributed by atoms with Crippen molar-refractivity contribution in [3.05, 3.63) is 0 Å². The van der Waals surface area contributed by atoms with Crippen LogP contribution in [0.3, 0.4) is 0 Å². The van der Waals surface area contributed by atoms with Crippen LogP contribution in [0.1, 0.15) is 0 Å². The van der Waals surface area contributed by atoms with Gasteiger partial charge in [-0.2, -0.15) is 0 Å². The van der Waals surface area contributed by atoms with Crippen molar-refractivity contribution < 1.29 is 9.59 Å². The molecule has 0 aromatic carbocycles. The van der Waals surface area contributed by atoms with Gasteiger partial charge in [0.25, 0.3) is 0 Å². The first kappa shape index (κ1) is 11.7. The van der Waals surface area contributed by atoms with Crippen molar-refractivity contribution in [1.29, 1.82) is 0 Å². The predicted octanol–water partition coefficient (Wildman–Crippen LogP) is 1.39. The molecule has 1 atom stereocenters. The average molecular weight is 261 g/mol. The Labute approximate surface area is 95.9 Å². The summed E-state index contributed by atoms with van der Waals surface area (Å²) in [5.41, 5.74) is 0. The molecule has 1 aliphatic rings. The third-order valence-corrected chi connectivity index (χ3v) is 2.47. The SMILES string of the molecule is CN1C(=O)N[C@@H](C(Cl)(Cl)Cl)N(C)C1=O. The Balaban J connectivity index is 2.92. The van der Waals surface area contributed by atoms with Gasteiger partial charge >= 0.3 is 12.1 Å². The van der Waals surface area contributed by atoms with E-state index in [9.17, 15) is 9.59 Å². The number of amides is 4. The maximum Gasteiger partial charge on any atom is 0.329 e. The van der Waals surface area contributed by atoms with E-state index in [1.165, 1.54) is 14.1 Å². The van der Waals surface area contributed by atoms with Crippen molar-refractivity contribution >= 4 is 46.9 Å². The molecule has 1 aliphatic heterocycles. The topological polar surface area (TPSA) is 52.7 Å². The normalized spacial score (nSPS) is 23.9. The van der Waals surface area contributed by atoms with E-state index in [2.05, 4.69) is 5.32 Å². The fraction of sp³-hybridized carbons (Fsp3) is 0.667. The van der Waals surface area contributed by atoms with Gasteiger partial charge in [-0.25, -0.2) is 14.5 Å². The minimum Gasteiger partial charge on any atom is -0.313 e. The van der Waals surface area contributed by atoms with Crippen LogP contribution in [0, 0.1) is 0 Å². The second-order valence-corrected chi connectivity index (χ2v) is 5.22. The Hall–Kier alpha value is -0.390. The number of halogens is 3. The molecule has 8 heteroatoms. The lowest BCUT2D eigenvalue weighted by Crippen LogP contribution is -2.66. The van der Waals surface area contributed by atoms with Gasteiger partial charge in [0.05, 0.1) is 0 Å². The van der Waals surface area contributed by atoms with E-state index in [0.717, 1.165) is 9.80 Å². The summed E-state index contributed by atoms with van der Waals surface area (Å²) in [5.74, 6) is 0. The van der Waals surface area contributed by atoms with Crippen LogP contribution in [0.5, 0.6) is 0 Å². The van der Waals surface area contributed by atoms with Crippen LogP contribution in [0.2, 0.25) is 0 Å². The standard InChI is InChI=1S/C6H8Cl3N3O2/c1-11-3(6(7,8)9)10-4(13)12(2)5(11)14/h3H,1-2H3,(H,10,13)/t3-/m1/s1. The highest BCUT2D eigenvalue weighted by Crippen LogP contribution is 2.33. The van der Waals surface area contributed by atoms with Crippen LogP contribution in [0.15, 0.2) is 0 Å². The lowest BCUT2D eigenvalue weighted by Gasteiger charge is -2.40. The molecule has 0 spiro atoms. The number of alkyl halides is 3. The molecule has 5 nitrogen and oxygen atoms in total. The minimum absolute atomic E-state index is 0.523. The summed E-state index contributed by atoms with van der Waals surface area (Å²) >= 11 is 16.8. The predicted molar refractivity (Wildman–Crippen MR) is 53.5 cm³/mol. The Morgan fingerprint density at radius 3 is 2.21 bits per heavy atom. The van der Waals surface area contributed by atoms with E-state index >= 15 is 0 Å². The van der Waals surface area contributed by atoms with Gasteiger partial charge in [0.15, 0.2) is 6.17 Å². The zero-order chi connectivity index (χ0) is 11.1. The maximum atomic E-state index is 11.4. The number of imide groups is 1. The smallest absolute Gasteiger partial charge is 0.313 e. The highest BCUT2D eigenvalue weighted by atomic mass is 35.6. The summed E-state index contributed by atoms with van der Waals surface area (Å²) in [7, 11) is 2.77. The zero-order valence-corrected chi connectivity index (χ0v) is 9.69. The van der Waals surface area contributed by atoms with Crippen molar-refractivity contribution in [2.45, 2.75) is 9.96 Å². The molecule has 0 bridgehead atoms. The Morgan fingerprint density at radius 2 is 1.79 bits per heavy atom. The van der Waals surface area contributed by atoms with Gasteiger partial charge in [-0.15, -0.1) is 0 Å². The minimum atomic E-state index is -1.75. The van der Waals surface area contributed by atoms with Crippen LogP contribution >= 0.6 is 34.8 Å². The van der Waals surface area contributed by atoms with Gasteiger partial charge < -0.3 is 10.2 Å². The van der Waals surface area contributed by atoms with Crippen LogP contribution in [0.4, 0.5) is 9.59 Å². The number of rotatable bonds is 0. The molecule has 1 saturated heterocycles. The third-order valence-electron chi connectivity index (χ3n) is 1.85. The van der Waals surface area contributed by atoms with Crippen molar-refractivity contribution in [2.75, 3.05) is 14.1 Å². The van der Waals surface area contributed by atoms with E-state index in [4.69, 9.17) is 34.8 Å². The molecule has 1 heterocycles. The summed E-state index contributed by atoms with van der Waals surface area (Å²) in [6, 6.07) is -1.12. The van der Waals surface area contributed by atoms with Crippen molar-refractivity contribution in [3.8, 4) is 0 Å². The number of nitrogens with one attached hydrogen (secondary N) is 1. The average Bonchev–Trinajstić information content (AvgIpc) is 2.06. The highest BCUT2D eigenvalue weighted by Gasteiger charge is 2.44. The van der Waals surface area contributed by atoms with E-state index in [-0.39, 0.29) is 0 Å². The van der Waals surface area contributed by atoms with Gasteiger partial charge in [0.1, 0.15) is 0 Å². The molecule has 1 N–H and O–H groups in total. The first-order chi connectivity index (χ1) is 6.25. The Bertz CT molecular complexity index is 278. The fourth-order valence-corrected chi connectivity index (χ4v) is 1.65. The number of carbonyl (C=O) groups is 2. The largest absolute Gasteiger partial charge is 0.329 e. The third kappa shape index (κ3) is 1.99. The van der Waals surface area contributed by atoms with Crippen molar-refractivity contribution in [1.82, 2.24) is 15.1 Å². The molecule has 0 aliphatic carbocycles.